The van der Waals surface area contributed by atoms with Gasteiger partial charge in [-0.05, 0) is 68.7 Å². The van der Waals surface area contributed by atoms with E-state index in [1.807, 2.05) is 0 Å². The number of unbranched alkanes of at least 4 members (excludes halogenated alkanes) is 2. The zero-order valence-corrected chi connectivity index (χ0v) is 20.1. The molecule has 0 saturated carbocycles. The van der Waals surface area contributed by atoms with Gasteiger partial charge in [-0.3, -0.25) is 9.59 Å². The van der Waals surface area contributed by atoms with E-state index in [0.717, 1.165) is 44.5 Å². The SMILES string of the molecule is CCCCN(CCCC)CCCN1C(=O)c2oc3ccccc3c(=O)c2C1c1ccc(O)cc1. The molecule has 1 atom stereocenters. The molecule has 1 aliphatic rings. The summed E-state index contributed by atoms with van der Waals surface area (Å²) in [5.41, 5.74) is 1.44. The number of benzene rings is 2. The van der Waals surface area contributed by atoms with Crippen molar-refractivity contribution in [3.8, 4) is 5.75 Å². The van der Waals surface area contributed by atoms with Crippen molar-refractivity contribution in [2.45, 2.75) is 52.0 Å². The van der Waals surface area contributed by atoms with Crippen LogP contribution in [0.4, 0.5) is 0 Å². The van der Waals surface area contributed by atoms with Crippen LogP contribution in [0.2, 0.25) is 0 Å². The fourth-order valence-electron chi connectivity index (χ4n) is 4.76. The first-order chi connectivity index (χ1) is 16.5. The third kappa shape index (κ3) is 4.87. The van der Waals surface area contributed by atoms with Crippen LogP contribution < -0.4 is 5.43 Å². The predicted octanol–water partition coefficient (Wildman–Crippen LogP) is 5.34. The van der Waals surface area contributed by atoms with Gasteiger partial charge in [0.2, 0.25) is 5.76 Å². The van der Waals surface area contributed by atoms with Crippen LogP contribution in [0.3, 0.4) is 0 Å². The molecule has 1 amide bonds. The first-order valence-electron chi connectivity index (χ1n) is 12.4. The summed E-state index contributed by atoms with van der Waals surface area (Å²) in [7, 11) is 0. The number of carbonyl (C=O) groups excluding carboxylic acids is 1. The van der Waals surface area contributed by atoms with Crippen molar-refractivity contribution in [1.82, 2.24) is 9.80 Å². The zero-order chi connectivity index (χ0) is 24.1. The second kappa shape index (κ2) is 10.9. The Kier molecular flexibility index (Phi) is 7.68. The molecule has 0 aliphatic carbocycles. The Morgan fingerprint density at radius 1 is 0.912 bits per heavy atom. The van der Waals surface area contributed by atoms with E-state index in [9.17, 15) is 14.7 Å². The maximum Gasteiger partial charge on any atom is 0.290 e. The van der Waals surface area contributed by atoms with E-state index in [1.165, 1.54) is 12.8 Å². The van der Waals surface area contributed by atoms with Gasteiger partial charge in [-0.15, -0.1) is 0 Å². The van der Waals surface area contributed by atoms with Gasteiger partial charge in [0.1, 0.15) is 11.3 Å². The molecule has 6 nitrogen and oxygen atoms in total. The van der Waals surface area contributed by atoms with Crippen molar-refractivity contribution in [1.29, 1.82) is 0 Å². The average Bonchev–Trinajstić information content (AvgIpc) is 3.13. The third-order valence-corrected chi connectivity index (χ3v) is 6.61. The number of para-hydroxylation sites is 1. The van der Waals surface area contributed by atoms with Crippen LogP contribution in [0.1, 0.15) is 73.7 Å². The minimum Gasteiger partial charge on any atom is -0.508 e. The molecule has 0 bridgehead atoms. The lowest BCUT2D eigenvalue weighted by Gasteiger charge is -2.27. The molecule has 1 N–H and O–H groups in total. The molecule has 4 rings (SSSR count). The number of hydrogen-bond acceptors (Lipinski definition) is 5. The fourth-order valence-corrected chi connectivity index (χ4v) is 4.76. The van der Waals surface area contributed by atoms with Crippen LogP contribution >= 0.6 is 0 Å². The average molecular weight is 463 g/mol. The van der Waals surface area contributed by atoms with Crippen molar-refractivity contribution in [2.24, 2.45) is 0 Å². The molecule has 0 fully saturated rings. The Morgan fingerprint density at radius 2 is 1.56 bits per heavy atom. The van der Waals surface area contributed by atoms with E-state index in [0.29, 0.717) is 23.1 Å². The highest BCUT2D eigenvalue weighted by molar-refractivity contribution is 5.99. The maximum absolute atomic E-state index is 13.5. The van der Waals surface area contributed by atoms with Crippen LogP contribution in [0.5, 0.6) is 5.75 Å². The van der Waals surface area contributed by atoms with E-state index in [-0.39, 0.29) is 22.8 Å². The topological polar surface area (TPSA) is 74.0 Å². The lowest BCUT2D eigenvalue weighted by atomic mass is 9.98. The lowest BCUT2D eigenvalue weighted by molar-refractivity contribution is 0.0719. The number of nitrogens with zero attached hydrogens (tertiary/aromatic N) is 2. The first-order valence-corrected chi connectivity index (χ1v) is 12.4. The number of phenols is 1. The number of rotatable bonds is 11. The smallest absolute Gasteiger partial charge is 0.290 e. The summed E-state index contributed by atoms with van der Waals surface area (Å²) >= 11 is 0. The third-order valence-electron chi connectivity index (χ3n) is 6.61. The van der Waals surface area contributed by atoms with Crippen LogP contribution in [-0.2, 0) is 0 Å². The molecular weight excluding hydrogens is 428 g/mol. The number of hydrogen-bond donors (Lipinski definition) is 1. The van der Waals surface area contributed by atoms with Gasteiger partial charge in [-0.25, -0.2) is 0 Å². The fraction of sp³-hybridized carbons (Fsp3) is 0.429. The molecule has 1 unspecified atom stereocenters. The molecule has 0 saturated heterocycles. The van der Waals surface area contributed by atoms with Gasteiger partial charge in [0.15, 0.2) is 5.43 Å². The second-order valence-electron chi connectivity index (χ2n) is 9.07. The number of aromatic hydroxyl groups is 1. The number of carbonyl (C=O) groups is 1. The van der Waals surface area contributed by atoms with Crippen molar-refractivity contribution in [3.63, 3.8) is 0 Å². The molecular formula is C28H34N2O4. The Balaban J connectivity index is 1.64. The van der Waals surface area contributed by atoms with E-state index in [2.05, 4.69) is 18.7 Å². The molecule has 6 heteroatoms. The zero-order valence-electron chi connectivity index (χ0n) is 20.1. The lowest BCUT2D eigenvalue weighted by Crippen LogP contribution is -2.34. The summed E-state index contributed by atoms with van der Waals surface area (Å²) in [6.45, 7) is 7.97. The summed E-state index contributed by atoms with van der Waals surface area (Å²) in [6, 6.07) is 13.3. The Morgan fingerprint density at radius 3 is 2.24 bits per heavy atom. The molecule has 0 spiro atoms. The molecule has 1 aliphatic heterocycles. The quantitative estimate of drug-likeness (QED) is 0.417. The van der Waals surface area contributed by atoms with Crippen LogP contribution in [0.25, 0.3) is 11.0 Å². The van der Waals surface area contributed by atoms with E-state index in [4.69, 9.17) is 4.42 Å². The second-order valence-corrected chi connectivity index (χ2v) is 9.07. The van der Waals surface area contributed by atoms with Gasteiger partial charge in [0.05, 0.1) is 17.0 Å². The van der Waals surface area contributed by atoms with Gasteiger partial charge in [-0.1, -0.05) is 51.0 Å². The molecule has 1 aromatic heterocycles. The number of fused-ring (bicyclic) bond motifs is 2. The summed E-state index contributed by atoms with van der Waals surface area (Å²) < 4.78 is 5.99. The standard InChI is InChI=1S/C28H34N2O4/c1-3-5-16-29(17-6-4-2)18-9-19-30-25(20-12-14-21(31)15-13-20)24-26(32)22-10-7-8-11-23(22)34-27(24)28(30)33/h7-8,10-15,25,31H,3-6,9,16-19H2,1-2H3. The van der Waals surface area contributed by atoms with Crippen molar-refractivity contribution < 1.29 is 14.3 Å². The summed E-state index contributed by atoms with van der Waals surface area (Å²) in [5, 5.41) is 10.3. The Hall–Kier alpha value is -3.12. The minimum absolute atomic E-state index is 0.135. The summed E-state index contributed by atoms with van der Waals surface area (Å²) in [6.07, 6.45) is 5.47. The van der Waals surface area contributed by atoms with Crippen molar-refractivity contribution in [3.05, 3.63) is 75.6 Å². The first kappa shape index (κ1) is 24.0. The van der Waals surface area contributed by atoms with Crippen LogP contribution in [-0.4, -0.2) is 47.0 Å². The summed E-state index contributed by atoms with van der Waals surface area (Å²) in [5.74, 6) is 0.0353. The van der Waals surface area contributed by atoms with Gasteiger partial charge in [-0.2, -0.15) is 0 Å². The van der Waals surface area contributed by atoms with Gasteiger partial charge >= 0.3 is 0 Å². The van der Waals surface area contributed by atoms with Gasteiger partial charge in [0.25, 0.3) is 5.91 Å². The van der Waals surface area contributed by atoms with Crippen LogP contribution in [0, 0.1) is 0 Å². The molecule has 180 valence electrons. The molecule has 34 heavy (non-hydrogen) atoms. The molecule has 2 aromatic carbocycles. The predicted molar refractivity (Wildman–Crippen MR) is 134 cm³/mol. The normalized spacial score (nSPS) is 15.4. The monoisotopic (exact) mass is 462 g/mol. The largest absolute Gasteiger partial charge is 0.508 e. The number of amides is 1. The molecule has 3 aromatic rings. The van der Waals surface area contributed by atoms with Crippen LogP contribution in [0.15, 0.2) is 57.7 Å². The van der Waals surface area contributed by atoms with Gasteiger partial charge in [0, 0.05) is 6.54 Å². The van der Waals surface area contributed by atoms with E-state index >= 15 is 0 Å². The highest BCUT2D eigenvalue weighted by Crippen LogP contribution is 2.38. The summed E-state index contributed by atoms with van der Waals surface area (Å²) in [4.78, 5) is 31.2. The van der Waals surface area contributed by atoms with E-state index < -0.39 is 6.04 Å². The molecule has 0 radical (unpaired) electrons. The number of phenolic OH excluding ortho intramolecular Hbond substituents is 1. The molecule has 2 heterocycles. The van der Waals surface area contributed by atoms with Crippen molar-refractivity contribution in [2.75, 3.05) is 26.2 Å². The van der Waals surface area contributed by atoms with Crippen molar-refractivity contribution >= 4 is 16.9 Å². The Bertz CT molecular complexity index is 1180. The minimum atomic E-state index is -0.524. The van der Waals surface area contributed by atoms with Gasteiger partial charge < -0.3 is 19.3 Å². The Labute approximate surface area is 200 Å². The highest BCUT2D eigenvalue weighted by atomic mass is 16.3. The highest BCUT2D eigenvalue weighted by Gasteiger charge is 2.42. The van der Waals surface area contributed by atoms with E-state index in [1.54, 1.807) is 53.4 Å². The maximum atomic E-state index is 13.5.